The number of carbonyl (C=O) groups is 2. The molecule has 0 radical (unpaired) electrons. The Morgan fingerprint density at radius 2 is 1.91 bits per heavy atom. The number of rotatable bonds is 7. The lowest BCUT2D eigenvalue weighted by atomic mass is 9.96. The number of carbonyl (C=O) groups excluding carboxylic acids is 2. The minimum Gasteiger partial charge on any atom is -0.473 e. The Balaban J connectivity index is 1.22. The van der Waals surface area contributed by atoms with E-state index in [9.17, 15) is 18.0 Å². The Morgan fingerprint density at radius 3 is 2.63 bits per heavy atom. The lowest BCUT2D eigenvalue weighted by molar-refractivity contribution is -0.121. The number of nitrogen functional groups attached to an aromatic ring is 1. The molecule has 1 aliphatic carbocycles. The molecule has 4 heterocycles. The number of hydrogen-bond donors (Lipinski definition) is 2. The number of ketones is 1. The zero-order valence-electron chi connectivity index (χ0n) is 23.9. The first-order chi connectivity index (χ1) is 20.6. The maximum atomic E-state index is 13.5. The van der Waals surface area contributed by atoms with Crippen molar-refractivity contribution in [2.75, 3.05) is 30.0 Å². The van der Waals surface area contributed by atoms with Crippen molar-refractivity contribution >= 4 is 49.9 Å². The number of nitrogens with one attached hydrogen (secondary N) is 1. The van der Waals surface area contributed by atoms with Crippen LogP contribution in [0.1, 0.15) is 53.2 Å². The molecule has 0 unspecified atom stereocenters. The summed E-state index contributed by atoms with van der Waals surface area (Å²) in [6.45, 7) is 3.14. The molecule has 226 valence electrons. The quantitative estimate of drug-likeness (QED) is 0.312. The van der Waals surface area contributed by atoms with Crippen LogP contribution in [0.3, 0.4) is 0 Å². The Kier molecular flexibility index (Phi) is 7.81. The number of ether oxygens (including phenoxy) is 1. The summed E-state index contributed by atoms with van der Waals surface area (Å²) in [7, 11) is -3.33. The second-order valence-corrected chi connectivity index (χ2v) is 14.3. The average Bonchev–Trinajstić information content (AvgIpc) is 3.55. The molecule has 43 heavy (non-hydrogen) atoms. The van der Waals surface area contributed by atoms with Crippen LogP contribution >= 0.6 is 11.3 Å². The Bertz CT molecular complexity index is 1790. The molecule has 0 spiro atoms. The minimum atomic E-state index is -3.33. The number of thiazole rings is 1. The number of nitrogens with zero attached hydrogens (tertiary/aromatic N) is 5. The van der Waals surface area contributed by atoms with Crippen LogP contribution in [0.2, 0.25) is 0 Å². The smallest absolute Gasteiger partial charge is 0.267 e. The maximum Gasteiger partial charge on any atom is 0.267 e. The van der Waals surface area contributed by atoms with Crippen LogP contribution in [0.15, 0.2) is 41.6 Å². The van der Waals surface area contributed by atoms with E-state index in [1.54, 1.807) is 28.8 Å². The van der Waals surface area contributed by atoms with Crippen molar-refractivity contribution in [3.8, 4) is 17.1 Å². The van der Waals surface area contributed by atoms with E-state index in [-0.39, 0.29) is 28.7 Å². The molecule has 3 aromatic heterocycles. The van der Waals surface area contributed by atoms with Gasteiger partial charge in [-0.15, -0.1) is 11.3 Å². The summed E-state index contributed by atoms with van der Waals surface area (Å²) >= 11 is 1.30. The molecule has 6 rings (SSSR count). The largest absolute Gasteiger partial charge is 0.473 e. The monoisotopic (exact) mass is 623 g/mol. The summed E-state index contributed by atoms with van der Waals surface area (Å²) in [5, 5.41) is 8.37. The second kappa shape index (κ2) is 11.6. The van der Waals surface area contributed by atoms with Gasteiger partial charge >= 0.3 is 0 Å². The first-order valence-electron chi connectivity index (χ1n) is 14.2. The molecule has 1 amide bonds. The standard InChI is InChI=1S/C29H33N7O5S2/c1-17-33-29(41-21-9-7-20(37)8-10-21)26(42-17)28(38)34-19-4-3-13-35(15-19)24-14-23(36-25(24)27(30)31-16-32-36)18-5-11-22(12-6-18)43(2,39)40/h5-6,11-12,14,16,19,21H,3-4,7-10,13,15H2,1-2H3,(H,34,38)(H2,30,31,32)/t19-/m1/s1. The van der Waals surface area contributed by atoms with E-state index in [1.165, 1.54) is 23.9 Å². The van der Waals surface area contributed by atoms with Gasteiger partial charge in [-0.25, -0.2) is 22.9 Å². The van der Waals surface area contributed by atoms with Crippen LogP contribution in [0.4, 0.5) is 11.5 Å². The number of sulfone groups is 1. The molecule has 0 bridgehead atoms. The number of anilines is 2. The predicted molar refractivity (Wildman–Crippen MR) is 163 cm³/mol. The SMILES string of the molecule is Cc1nc(OC2CCC(=O)CC2)c(C(=O)N[C@@H]2CCCN(c3cc(-c4ccc(S(C)(=O)=O)cc4)n4ncnc(N)c34)C2)s1. The molecule has 1 saturated heterocycles. The van der Waals surface area contributed by atoms with Crippen molar-refractivity contribution < 1.29 is 22.7 Å². The second-order valence-electron chi connectivity index (χ2n) is 11.1. The third-order valence-corrected chi connectivity index (χ3v) is 10.00. The number of aryl methyl sites for hydroxylation is 1. The first kappa shape index (κ1) is 29.1. The van der Waals surface area contributed by atoms with E-state index in [0.29, 0.717) is 54.3 Å². The summed E-state index contributed by atoms with van der Waals surface area (Å²) in [6.07, 6.45) is 6.35. The number of benzene rings is 1. The van der Waals surface area contributed by atoms with E-state index in [0.717, 1.165) is 41.3 Å². The molecular weight excluding hydrogens is 590 g/mol. The van der Waals surface area contributed by atoms with Gasteiger partial charge in [0.05, 0.1) is 21.3 Å². The van der Waals surface area contributed by atoms with Gasteiger partial charge in [-0.3, -0.25) is 9.59 Å². The number of piperidine rings is 1. The highest BCUT2D eigenvalue weighted by atomic mass is 32.2. The lowest BCUT2D eigenvalue weighted by Crippen LogP contribution is -2.47. The number of amides is 1. The summed E-state index contributed by atoms with van der Waals surface area (Å²) in [6, 6.07) is 8.50. The zero-order valence-corrected chi connectivity index (χ0v) is 25.6. The van der Waals surface area contributed by atoms with Gasteiger partial charge in [-0.1, -0.05) is 12.1 Å². The topological polar surface area (TPSA) is 162 Å². The van der Waals surface area contributed by atoms with Crippen molar-refractivity contribution in [2.45, 2.75) is 62.5 Å². The fraction of sp³-hybridized carbons (Fsp3) is 0.414. The molecule has 1 atom stereocenters. The Hall–Kier alpha value is -4.04. The van der Waals surface area contributed by atoms with Crippen LogP contribution in [0.5, 0.6) is 5.88 Å². The minimum absolute atomic E-state index is 0.122. The van der Waals surface area contributed by atoms with Crippen LogP contribution in [-0.4, -0.2) is 71.2 Å². The number of hydrogen-bond acceptors (Lipinski definition) is 11. The van der Waals surface area contributed by atoms with E-state index in [4.69, 9.17) is 10.5 Å². The number of nitrogens with two attached hydrogens (primary N) is 1. The zero-order chi connectivity index (χ0) is 30.3. The third-order valence-electron chi connectivity index (χ3n) is 7.92. The van der Waals surface area contributed by atoms with Gasteiger partial charge < -0.3 is 20.7 Å². The van der Waals surface area contributed by atoms with Crippen molar-refractivity contribution in [1.29, 1.82) is 0 Å². The molecule has 2 aliphatic rings. The van der Waals surface area contributed by atoms with E-state index in [1.807, 2.05) is 13.0 Å². The van der Waals surface area contributed by atoms with Gasteiger partial charge in [-0.2, -0.15) is 5.10 Å². The Morgan fingerprint density at radius 1 is 1.16 bits per heavy atom. The average molecular weight is 624 g/mol. The van der Waals surface area contributed by atoms with Gasteiger partial charge in [0.2, 0.25) is 5.88 Å². The molecule has 1 saturated carbocycles. The molecular formula is C29H33N7O5S2. The van der Waals surface area contributed by atoms with Crippen LogP contribution in [0.25, 0.3) is 16.8 Å². The summed E-state index contributed by atoms with van der Waals surface area (Å²) in [5.74, 6) is 0.675. The van der Waals surface area contributed by atoms with E-state index in [2.05, 4.69) is 25.3 Å². The Labute approximate surface area is 253 Å². The van der Waals surface area contributed by atoms with E-state index < -0.39 is 9.84 Å². The van der Waals surface area contributed by atoms with Gasteiger partial charge in [0.25, 0.3) is 5.91 Å². The number of aromatic nitrogens is 4. The van der Waals surface area contributed by atoms with Crippen molar-refractivity contribution in [3.63, 3.8) is 0 Å². The summed E-state index contributed by atoms with van der Waals surface area (Å²) in [4.78, 5) is 36.6. The van der Waals surface area contributed by atoms with Crippen molar-refractivity contribution in [3.05, 3.63) is 46.5 Å². The molecule has 12 nitrogen and oxygen atoms in total. The number of fused-ring (bicyclic) bond motifs is 1. The van der Waals surface area contributed by atoms with Crippen molar-refractivity contribution in [1.82, 2.24) is 24.9 Å². The van der Waals surface area contributed by atoms with E-state index >= 15 is 0 Å². The first-order valence-corrected chi connectivity index (χ1v) is 16.9. The molecule has 14 heteroatoms. The van der Waals surface area contributed by atoms with Crippen LogP contribution in [-0.2, 0) is 14.6 Å². The van der Waals surface area contributed by atoms with Gasteiger partial charge in [0, 0.05) is 43.8 Å². The fourth-order valence-electron chi connectivity index (χ4n) is 5.75. The predicted octanol–water partition coefficient (Wildman–Crippen LogP) is 3.44. The van der Waals surface area contributed by atoms with Crippen molar-refractivity contribution in [2.24, 2.45) is 0 Å². The number of Topliss-reactive ketones (excluding diaryl/α,β-unsaturated/α-hetero) is 1. The molecule has 2 fully saturated rings. The molecule has 1 aliphatic heterocycles. The van der Waals surface area contributed by atoms with Crippen LogP contribution in [0, 0.1) is 6.92 Å². The third kappa shape index (κ3) is 6.07. The highest BCUT2D eigenvalue weighted by Gasteiger charge is 2.29. The van der Waals surface area contributed by atoms with Gasteiger partial charge in [-0.05, 0) is 50.8 Å². The highest BCUT2D eigenvalue weighted by Crippen LogP contribution is 2.36. The molecule has 4 aromatic rings. The maximum absolute atomic E-state index is 13.5. The van der Waals surface area contributed by atoms with Gasteiger partial charge in [0.15, 0.2) is 20.5 Å². The normalized spacial score (nSPS) is 18.2. The fourth-order valence-corrected chi connectivity index (χ4v) is 7.14. The lowest BCUT2D eigenvalue weighted by Gasteiger charge is -2.34. The summed E-state index contributed by atoms with van der Waals surface area (Å²) in [5.41, 5.74) is 9.36. The molecule has 1 aromatic carbocycles. The van der Waals surface area contributed by atoms with Crippen LogP contribution < -0.4 is 20.7 Å². The molecule has 3 N–H and O–H groups in total. The highest BCUT2D eigenvalue weighted by molar-refractivity contribution is 7.90. The van der Waals surface area contributed by atoms with Gasteiger partial charge in [0.1, 0.15) is 23.7 Å². The summed E-state index contributed by atoms with van der Waals surface area (Å²) < 4.78 is 31.8.